The number of aromatic nitrogens is 1. The minimum atomic E-state index is -1.07. The van der Waals surface area contributed by atoms with Crippen molar-refractivity contribution in [3.05, 3.63) is 23.5 Å². The van der Waals surface area contributed by atoms with Gasteiger partial charge < -0.3 is 19.7 Å². The van der Waals surface area contributed by atoms with E-state index in [4.69, 9.17) is 4.74 Å². The zero-order chi connectivity index (χ0) is 14.2. The monoisotopic (exact) mass is 266 g/mol. The average Bonchev–Trinajstić information content (AvgIpc) is 2.86. The molecule has 0 spiro atoms. The van der Waals surface area contributed by atoms with Gasteiger partial charge >= 0.3 is 5.97 Å². The second kappa shape index (κ2) is 4.70. The fourth-order valence-electron chi connectivity index (χ4n) is 2.16. The molecule has 1 aliphatic heterocycles. The molecule has 6 heteroatoms. The maximum absolute atomic E-state index is 12.2. The van der Waals surface area contributed by atoms with E-state index in [0.29, 0.717) is 5.69 Å². The smallest absolute Gasteiger partial charge is 0.313 e. The van der Waals surface area contributed by atoms with Crippen LogP contribution in [0.5, 0.6) is 0 Å². The first kappa shape index (κ1) is 13.6. The highest BCUT2D eigenvalue weighted by Gasteiger charge is 2.47. The summed E-state index contributed by atoms with van der Waals surface area (Å²) < 4.78 is 6.97. The highest BCUT2D eigenvalue weighted by atomic mass is 16.5. The zero-order valence-electron chi connectivity index (χ0n) is 11.3. The lowest BCUT2D eigenvalue weighted by Crippen LogP contribution is -2.50. The van der Waals surface area contributed by atoms with Crippen molar-refractivity contribution in [3.8, 4) is 0 Å². The molecule has 2 unspecified atom stereocenters. The maximum atomic E-state index is 12.2. The van der Waals surface area contributed by atoms with Crippen LogP contribution in [-0.2, 0) is 16.6 Å². The minimum Gasteiger partial charge on any atom is -0.481 e. The first-order valence-electron chi connectivity index (χ1n) is 6.10. The number of aliphatic carboxylic acids is 1. The normalized spacial score (nSPS) is 26.4. The molecular formula is C13H18N2O4. The van der Waals surface area contributed by atoms with E-state index in [2.05, 4.69) is 5.32 Å². The summed E-state index contributed by atoms with van der Waals surface area (Å²) in [7, 11) is 1.80. The average molecular weight is 266 g/mol. The maximum Gasteiger partial charge on any atom is 0.313 e. The second-order valence-corrected chi connectivity index (χ2v) is 5.18. The van der Waals surface area contributed by atoms with Crippen molar-refractivity contribution in [1.29, 1.82) is 0 Å². The van der Waals surface area contributed by atoms with E-state index < -0.39 is 17.4 Å². The molecule has 2 heterocycles. The van der Waals surface area contributed by atoms with Gasteiger partial charge in [0.25, 0.3) is 5.91 Å². The molecule has 1 aromatic rings. The Balaban J connectivity index is 2.15. The van der Waals surface area contributed by atoms with Gasteiger partial charge in [0, 0.05) is 12.7 Å². The van der Waals surface area contributed by atoms with E-state index in [1.54, 1.807) is 24.6 Å². The third kappa shape index (κ3) is 2.23. The Kier molecular flexibility index (Phi) is 3.36. The zero-order valence-corrected chi connectivity index (χ0v) is 11.3. The van der Waals surface area contributed by atoms with Crippen molar-refractivity contribution in [2.45, 2.75) is 19.9 Å². The van der Waals surface area contributed by atoms with Crippen molar-refractivity contribution in [2.75, 3.05) is 13.2 Å². The van der Waals surface area contributed by atoms with E-state index in [0.717, 1.165) is 5.69 Å². The van der Waals surface area contributed by atoms with E-state index >= 15 is 0 Å². The van der Waals surface area contributed by atoms with Crippen LogP contribution in [0.1, 0.15) is 23.1 Å². The molecule has 0 radical (unpaired) electrons. The predicted octanol–water partition coefficient (Wildman–Crippen LogP) is 0.553. The van der Waals surface area contributed by atoms with E-state index in [9.17, 15) is 14.7 Å². The molecule has 1 amide bonds. The Labute approximate surface area is 111 Å². The molecule has 1 saturated heterocycles. The van der Waals surface area contributed by atoms with Crippen LogP contribution in [0, 0.1) is 12.3 Å². The number of ether oxygens (including phenoxy) is 1. The number of carboxylic acids is 1. The first-order chi connectivity index (χ1) is 8.86. The van der Waals surface area contributed by atoms with Crippen LogP contribution in [0.3, 0.4) is 0 Å². The molecule has 0 bridgehead atoms. The summed E-state index contributed by atoms with van der Waals surface area (Å²) in [4.78, 5) is 23.5. The number of amides is 1. The van der Waals surface area contributed by atoms with E-state index in [1.165, 1.54) is 0 Å². The number of aryl methyl sites for hydroxylation is 1. The summed E-state index contributed by atoms with van der Waals surface area (Å²) in [5.41, 5.74) is 0.404. The number of carboxylic acid groups (broad SMARTS) is 1. The first-order valence-corrected chi connectivity index (χ1v) is 6.10. The van der Waals surface area contributed by atoms with Gasteiger partial charge in [-0.1, -0.05) is 0 Å². The van der Waals surface area contributed by atoms with Crippen LogP contribution in [0.4, 0.5) is 0 Å². The summed E-state index contributed by atoms with van der Waals surface area (Å²) in [5, 5.41) is 12.0. The number of nitrogens with one attached hydrogen (secondary N) is 1. The van der Waals surface area contributed by atoms with Crippen LogP contribution < -0.4 is 5.32 Å². The van der Waals surface area contributed by atoms with Gasteiger partial charge in [-0.25, -0.2) is 0 Å². The molecule has 19 heavy (non-hydrogen) atoms. The summed E-state index contributed by atoms with van der Waals surface area (Å²) in [6.45, 7) is 3.82. The molecule has 104 valence electrons. The molecule has 0 aliphatic carbocycles. The van der Waals surface area contributed by atoms with Gasteiger partial charge in [0.1, 0.15) is 11.1 Å². The van der Waals surface area contributed by atoms with Crippen LogP contribution in [0.15, 0.2) is 12.1 Å². The Hall–Kier alpha value is -1.82. The standard InChI is InChI=1S/C13H18N2O4/c1-8-4-5-9(15(8)3)11(16)14-10-6-19-7-13(10,2)12(17)18/h4-5,10H,6-7H2,1-3H3,(H,14,16)(H,17,18). The third-order valence-electron chi connectivity index (χ3n) is 3.85. The lowest BCUT2D eigenvalue weighted by molar-refractivity contribution is -0.148. The van der Waals surface area contributed by atoms with Crippen molar-refractivity contribution < 1.29 is 19.4 Å². The van der Waals surface area contributed by atoms with E-state index in [1.807, 2.05) is 13.0 Å². The largest absolute Gasteiger partial charge is 0.481 e. The van der Waals surface area contributed by atoms with Crippen LogP contribution >= 0.6 is 0 Å². The van der Waals surface area contributed by atoms with Crippen LogP contribution in [-0.4, -0.2) is 40.8 Å². The number of carbonyl (C=O) groups excluding carboxylic acids is 1. The van der Waals surface area contributed by atoms with Crippen LogP contribution in [0.2, 0.25) is 0 Å². The Morgan fingerprint density at radius 3 is 2.74 bits per heavy atom. The van der Waals surface area contributed by atoms with Gasteiger partial charge in [-0.15, -0.1) is 0 Å². The van der Waals surface area contributed by atoms with Gasteiger partial charge in [-0.05, 0) is 26.0 Å². The minimum absolute atomic E-state index is 0.111. The summed E-state index contributed by atoms with van der Waals surface area (Å²) >= 11 is 0. The summed E-state index contributed by atoms with van der Waals surface area (Å²) in [6, 6.07) is 3.04. The molecule has 2 N–H and O–H groups in total. The topological polar surface area (TPSA) is 80.6 Å². The fraction of sp³-hybridized carbons (Fsp3) is 0.538. The number of carbonyl (C=O) groups is 2. The molecule has 0 saturated carbocycles. The third-order valence-corrected chi connectivity index (χ3v) is 3.85. The van der Waals surface area contributed by atoms with Gasteiger partial charge in [-0.2, -0.15) is 0 Å². The van der Waals surface area contributed by atoms with Crippen molar-refractivity contribution in [1.82, 2.24) is 9.88 Å². The number of nitrogens with zero attached hydrogens (tertiary/aromatic N) is 1. The Morgan fingerprint density at radius 2 is 2.21 bits per heavy atom. The summed E-state index contributed by atoms with van der Waals surface area (Å²) in [5.74, 6) is -1.24. The lowest BCUT2D eigenvalue weighted by atomic mass is 9.85. The molecule has 2 rings (SSSR count). The molecule has 6 nitrogen and oxygen atoms in total. The fourth-order valence-corrected chi connectivity index (χ4v) is 2.16. The molecule has 2 atom stereocenters. The molecule has 1 fully saturated rings. The van der Waals surface area contributed by atoms with Gasteiger partial charge in [0.2, 0.25) is 0 Å². The molecule has 1 aliphatic rings. The Morgan fingerprint density at radius 1 is 1.53 bits per heavy atom. The lowest BCUT2D eigenvalue weighted by Gasteiger charge is -2.25. The molecule has 0 aromatic carbocycles. The Bertz CT molecular complexity index is 523. The number of hydrogen-bond acceptors (Lipinski definition) is 3. The van der Waals surface area contributed by atoms with Crippen molar-refractivity contribution in [3.63, 3.8) is 0 Å². The summed E-state index contributed by atoms with van der Waals surface area (Å²) in [6.07, 6.45) is 0. The van der Waals surface area contributed by atoms with Crippen molar-refractivity contribution in [2.24, 2.45) is 12.5 Å². The number of hydrogen-bond donors (Lipinski definition) is 2. The molecule has 1 aromatic heterocycles. The molecular weight excluding hydrogens is 248 g/mol. The van der Waals surface area contributed by atoms with E-state index in [-0.39, 0.29) is 19.1 Å². The van der Waals surface area contributed by atoms with Crippen LogP contribution in [0.25, 0.3) is 0 Å². The SMILES string of the molecule is Cc1ccc(C(=O)NC2COCC2(C)C(=O)O)n1C. The number of rotatable bonds is 3. The second-order valence-electron chi connectivity index (χ2n) is 5.18. The quantitative estimate of drug-likeness (QED) is 0.837. The van der Waals surface area contributed by atoms with Gasteiger partial charge in [0.15, 0.2) is 0 Å². The predicted molar refractivity (Wildman–Crippen MR) is 68.0 cm³/mol. The van der Waals surface area contributed by atoms with Gasteiger partial charge in [-0.3, -0.25) is 9.59 Å². The highest BCUT2D eigenvalue weighted by molar-refractivity contribution is 5.93. The van der Waals surface area contributed by atoms with Crippen molar-refractivity contribution >= 4 is 11.9 Å². The highest BCUT2D eigenvalue weighted by Crippen LogP contribution is 2.29. The van der Waals surface area contributed by atoms with Gasteiger partial charge in [0.05, 0.1) is 19.3 Å².